The number of hydrogen-bond acceptors (Lipinski definition) is 3. The molecule has 0 aliphatic heterocycles. The first kappa shape index (κ1) is 21.4. The van der Waals surface area contributed by atoms with Crippen molar-refractivity contribution in [1.82, 2.24) is 0 Å². The molecule has 1 aromatic heterocycles. The molecule has 0 N–H and O–H groups in total. The lowest BCUT2D eigenvalue weighted by atomic mass is 10.0. The minimum Gasteiger partial charge on any atom is -0.479 e. The molecule has 0 unspecified atom stereocenters. The van der Waals surface area contributed by atoms with Crippen molar-refractivity contribution in [3.63, 3.8) is 0 Å². The van der Waals surface area contributed by atoms with Crippen molar-refractivity contribution in [2.24, 2.45) is 0 Å². The Labute approximate surface area is 170 Å². The summed E-state index contributed by atoms with van der Waals surface area (Å²) in [7, 11) is 0. The van der Waals surface area contributed by atoms with E-state index in [4.69, 9.17) is 9.15 Å². The van der Waals surface area contributed by atoms with Crippen molar-refractivity contribution in [3.05, 3.63) is 94.5 Å². The number of benzene rings is 2. The zero-order chi connectivity index (χ0) is 21.8. The molecular weight excluding hydrogens is 400 g/mol. The average Bonchev–Trinajstić information content (AvgIpc) is 3.18. The zero-order valence-corrected chi connectivity index (χ0v) is 16.2. The van der Waals surface area contributed by atoms with Crippen LogP contribution in [0, 0.1) is 23.3 Å². The van der Waals surface area contributed by atoms with Crippen molar-refractivity contribution in [2.45, 2.75) is 26.4 Å². The van der Waals surface area contributed by atoms with Crippen LogP contribution < -0.4 is 4.74 Å². The third-order valence-corrected chi connectivity index (χ3v) is 4.37. The standard InChI is InChI=1S/C23H18F4O3/c1-13(2)14-3-5-15(6-4-14)20(28)10-9-16-7-8-17(30-16)12-29-23-21(26)18(24)11-19(25)22(23)27/h3-11,13H,12H2,1-2H3/b10-9+. The molecular formula is C23H18F4O3. The summed E-state index contributed by atoms with van der Waals surface area (Å²) >= 11 is 0. The van der Waals surface area contributed by atoms with Gasteiger partial charge in [-0.05, 0) is 35.8 Å². The van der Waals surface area contributed by atoms with Gasteiger partial charge in [0, 0.05) is 11.6 Å². The van der Waals surface area contributed by atoms with E-state index in [2.05, 4.69) is 13.8 Å². The van der Waals surface area contributed by atoms with Gasteiger partial charge in [0.2, 0.25) is 11.6 Å². The molecule has 3 nitrogen and oxygen atoms in total. The summed E-state index contributed by atoms with van der Waals surface area (Å²) in [4.78, 5) is 12.2. The van der Waals surface area contributed by atoms with Gasteiger partial charge in [0.25, 0.3) is 0 Å². The summed E-state index contributed by atoms with van der Waals surface area (Å²) in [6.45, 7) is 3.65. The predicted molar refractivity (Wildman–Crippen MR) is 103 cm³/mol. The first-order valence-corrected chi connectivity index (χ1v) is 9.13. The number of rotatable bonds is 7. The fourth-order valence-electron chi connectivity index (χ4n) is 2.67. The van der Waals surface area contributed by atoms with Crippen molar-refractivity contribution in [2.75, 3.05) is 0 Å². The Morgan fingerprint density at radius 3 is 2.23 bits per heavy atom. The molecule has 2 aromatic carbocycles. The maximum Gasteiger partial charge on any atom is 0.203 e. The average molecular weight is 418 g/mol. The summed E-state index contributed by atoms with van der Waals surface area (Å²) < 4.78 is 63.8. The minimum absolute atomic E-state index is 0.0979. The first-order valence-electron chi connectivity index (χ1n) is 9.13. The van der Waals surface area contributed by atoms with Crippen LogP contribution in [0.25, 0.3) is 6.08 Å². The van der Waals surface area contributed by atoms with E-state index >= 15 is 0 Å². The molecule has 30 heavy (non-hydrogen) atoms. The van der Waals surface area contributed by atoms with E-state index < -0.39 is 35.6 Å². The number of allylic oxidation sites excluding steroid dienone is 1. The van der Waals surface area contributed by atoms with Crippen LogP contribution in [-0.4, -0.2) is 5.78 Å². The van der Waals surface area contributed by atoms with Gasteiger partial charge in [-0.3, -0.25) is 4.79 Å². The molecule has 0 aliphatic carbocycles. The van der Waals surface area contributed by atoms with E-state index in [0.29, 0.717) is 17.2 Å². The fourth-order valence-corrected chi connectivity index (χ4v) is 2.67. The van der Waals surface area contributed by atoms with E-state index in [-0.39, 0.29) is 17.6 Å². The van der Waals surface area contributed by atoms with Gasteiger partial charge >= 0.3 is 0 Å². The lowest BCUT2D eigenvalue weighted by Crippen LogP contribution is -2.03. The molecule has 7 heteroatoms. The van der Waals surface area contributed by atoms with Crippen LogP contribution in [0.3, 0.4) is 0 Å². The lowest BCUT2D eigenvalue weighted by Gasteiger charge is -2.08. The topological polar surface area (TPSA) is 39.4 Å². The Bertz CT molecular complexity index is 1060. The van der Waals surface area contributed by atoms with Crippen molar-refractivity contribution in [3.8, 4) is 5.75 Å². The van der Waals surface area contributed by atoms with E-state index in [1.54, 1.807) is 12.1 Å². The number of ether oxygens (including phenoxy) is 1. The third-order valence-electron chi connectivity index (χ3n) is 4.37. The second kappa shape index (κ2) is 8.98. The molecule has 3 rings (SSSR count). The molecule has 0 aliphatic rings. The second-order valence-corrected chi connectivity index (χ2v) is 6.86. The Morgan fingerprint density at radius 2 is 1.63 bits per heavy atom. The SMILES string of the molecule is CC(C)c1ccc(C(=O)/C=C/c2ccc(COc3c(F)c(F)cc(F)c3F)o2)cc1. The molecule has 0 saturated carbocycles. The Balaban J connectivity index is 1.65. The number of ketones is 1. The molecule has 0 amide bonds. The molecule has 156 valence electrons. The van der Waals surface area contributed by atoms with Gasteiger partial charge in [-0.15, -0.1) is 0 Å². The van der Waals surface area contributed by atoms with E-state index in [1.807, 2.05) is 12.1 Å². The zero-order valence-electron chi connectivity index (χ0n) is 16.2. The highest BCUT2D eigenvalue weighted by molar-refractivity contribution is 6.06. The number of carbonyl (C=O) groups excluding carboxylic acids is 1. The van der Waals surface area contributed by atoms with Gasteiger partial charge in [0.1, 0.15) is 18.1 Å². The van der Waals surface area contributed by atoms with Gasteiger partial charge in [-0.2, -0.15) is 8.78 Å². The van der Waals surface area contributed by atoms with Crippen LogP contribution in [-0.2, 0) is 6.61 Å². The molecule has 0 spiro atoms. The monoisotopic (exact) mass is 418 g/mol. The van der Waals surface area contributed by atoms with Crippen molar-refractivity contribution >= 4 is 11.9 Å². The van der Waals surface area contributed by atoms with Gasteiger partial charge in [0.15, 0.2) is 23.2 Å². The number of halogens is 4. The van der Waals surface area contributed by atoms with Gasteiger partial charge in [0.05, 0.1) is 0 Å². The van der Waals surface area contributed by atoms with Crippen LogP contribution in [0.15, 0.2) is 53.0 Å². The summed E-state index contributed by atoms with van der Waals surface area (Å²) in [5.41, 5.74) is 1.64. The summed E-state index contributed by atoms with van der Waals surface area (Å²) in [6, 6.07) is 10.3. The molecule has 0 radical (unpaired) electrons. The summed E-state index contributed by atoms with van der Waals surface area (Å²) in [5.74, 6) is -6.97. The Kier molecular flexibility index (Phi) is 6.40. The number of furan rings is 1. The molecule has 0 atom stereocenters. The lowest BCUT2D eigenvalue weighted by molar-refractivity contribution is 0.104. The van der Waals surface area contributed by atoms with Crippen molar-refractivity contribution in [1.29, 1.82) is 0 Å². The normalized spacial score (nSPS) is 11.4. The van der Waals surface area contributed by atoms with Crippen LogP contribution in [0.1, 0.15) is 47.2 Å². The predicted octanol–water partition coefficient (Wildman–Crippen LogP) is 6.43. The van der Waals surface area contributed by atoms with Crippen LogP contribution >= 0.6 is 0 Å². The second-order valence-electron chi connectivity index (χ2n) is 6.86. The third kappa shape index (κ3) is 4.79. The highest BCUT2D eigenvalue weighted by atomic mass is 19.2. The maximum atomic E-state index is 13.6. The Morgan fingerprint density at radius 1 is 1.00 bits per heavy atom. The molecule has 1 heterocycles. The number of carbonyl (C=O) groups is 1. The fraction of sp³-hybridized carbons (Fsp3) is 0.174. The Hall–Kier alpha value is -3.35. The molecule has 0 saturated heterocycles. The summed E-state index contributed by atoms with van der Waals surface area (Å²) in [6.07, 6.45) is 2.76. The van der Waals surface area contributed by atoms with Crippen LogP contribution in [0.5, 0.6) is 5.75 Å². The van der Waals surface area contributed by atoms with Crippen molar-refractivity contribution < 1.29 is 31.5 Å². The quantitative estimate of drug-likeness (QED) is 0.192. The van der Waals surface area contributed by atoms with Crippen LogP contribution in [0.2, 0.25) is 0 Å². The summed E-state index contributed by atoms with van der Waals surface area (Å²) in [5, 5.41) is 0. The number of hydrogen-bond donors (Lipinski definition) is 0. The van der Waals surface area contributed by atoms with Gasteiger partial charge < -0.3 is 9.15 Å². The van der Waals surface area contributed by atoms with E-state index in [0.717, 1.165) is 5.56 Å². The largest absolute Gasteiger partial charge is 0.479 e. The first-order chi connectivity index (χ1) is 14.3. The van der Waals surface area contributed by atoms with E-state index in [9.17, 15) is 22.4 Å². The van der Waals surface area contributed by atoms with Gasteiger partial charge in [-0.1, -0.05) is 38.1 Å². The van der Waals surface area contributed by atoms with Gasteiger partial charge in [-0.25, -0.2) is 8.78 Å². The molecule has 0 bridgehead atoms. The molecule has 3 aromatic rings. The highest BCUT2D eigenvalue weighted by Crippen LogP contribution is 2.27. The smallest absolute Gasteiger partial charge is 0.203 e. The van der Waals surface area contributed by atoms with Crippen LogP contribution in [0.4, 0.5) is 17.6 Å². The minimum atomic E-state index is -1.63. The highest BCUT2D eigenvalue weighted by Gasteiger charge is 2.21. The maximum absolute atomic E-state index is 13.6. The van der Waals surface area contributed by atoms with E-state index in [1.165, 1.54) is 24.3 Å². The molecule has 0 fully saturated rings.